The second kappa shape index (κ2) is 8.72. The Balaban J connectivity index is 1.61. The van der Waals surface area contributed by atoms with Crippen molar-refractivity contribution in [3.8, 4) is 5.75 Å². The number of carbonyl (C=O) groups is 2. The third-order valence-electron chi connectivity index (χ3n) is 5.17. The Bertz CT molecular complexity index is 1130. The Morgan fingerprint density at radius 3 is 2.77 bits per heavy atom. The van der Waals surface area contributed by atoms with Gasteiger partial charge in [-0.05, 0) is 12.1 Å². The van der Waals surface area contributed by atoms with E-state index in [9.17, 15) is 24.4 Å². The van der Waals surface area contributed by atoms with Crippen molar-refractivity contribution in [2.45, 2.75) is 18.1 Å². The number of pyridine rings is 1. The fourth-order valence-corrected chi connectivity index (χ4v) is 4.79. The molecule has 0 fully saturated rings. The number of nitroso groups, excluding NO2 is 1. The highest BCUT2D eigenvalue weighted by atomic mass is 32.2. The molecule has 10 nitrogen and oxygen atoms in total. The maximum atomic E-state index is 13.1. The number of benzene rings is 1. The van der Waals surface area contributed by atoms with Gasteiger partial charge in [-0.1, -0.05) is 18.2 Å². The highest BCUT2D eigenvalue weighted by Gasteiger charge is 2.30. The summed E-state index contributed by atoms with van der Waals surface area (Å²) in [6, 6.07) is 9.64. The zero-order valence-corrected chi connectivity index (χ0v) is 17.2. The van der Waals surface area contributed by atoms with Crippen molar-refractivity contribution in [1.29, 1.82) is 0 Å². The second-order valence-electron chi connectivity index (χ2n) is 7.17. The summed E-state index contributed by atoms with van der Waals surface area (Å²) in [6.07, 6.45) is 1.77. The van der Waals surface area contributed by atoms with Crippen molar-refractivity contribution >= 4 is 35.5 Å². The average Bonchev–Trinajstić information content (AvgIpc) is 3.45. The number of para-hydroxylation sites is 1. The van der Waals surface area contributed by atoms with E-state index in [2.05, 4.69) is 15.6 Å². The molecule has 0 saturated carbocycles. The van der Waals surface area contributed by atoms with Crippen LogP contribution < -0.4 is 15.9 Å². The molecule has 2 aliphatic rings. The van der Waals surface area contributed by atoms with Crippen LogP contribution >= 0.6 is 11.8 Å². The molecule has 2 aromatic rings. The molecular weight excluding hydrogens is 422 g/mol. The number of hydrogen-bond donors (Lipinski definition) is 2. The molecule has 31 heavy (non-hydrogen) atoms. The number of nitrogens with one attached hydrogen (secondary N) is 1. The lowest BCUT2D eigenvalue weighted by Gasteiger charge is -2.19. The molecule has 2 N–H and O–H groups in total. The highest BCUT2D eigenvalue weighted by molar-refractivity contribution is 7.98. The van der Waals surface area contributed by atoms with Crippen LogP contribution in [0.5, 0.6) is 5.75 Å². The van der Waals surface area contributed by atoms with Crippen molar-refractivity contribution < 1.29 is 14.7 Å². The number of aromatic nitrogens is 1. The standard InChI is InChI=1S/C20H19N5O5S/c26-16(23-30)7-21-19(28)17-18(27)14-10-31-11-15(14)24(20(17)29)8-12-6-22-25(9-12)13-4-2-1-3-5-13/h1-6,12,27H,7-11H2,(H,21,28). The molecule has 1 aromatic carbocycles. The largest absolute Gasteiger partial charge is 0.507 e. The minimum Gasteiger partial charge on any atom is -0.507 e. The number of rotatable bonds is 6. The monoisotopic (exact) mass is 441 g/mol. The minimum atomic E-state index is -1.08. The molecule has 0 bridgehead atoms. The van der Waals surface area contributed by atoms with Crippen LogP contribution in [0.1, 0.15) is 21.6 Å². The maximum absolute atomic E-state index is 13.1. The lowest BCUT2D eigenvalue weighted by molar-refractivity contribution is -0.117. The molecule has 1 unspecified atom stereocenters. The lowest BCUT2D eigenvalue weighted by Crippen LogP contribution is -2.38. The quantitative estimate of drug-likeness (QED) is 0.648. The van der Waals surface area contributed by atoms with E-state index in [1.54, 1.807) is 6.21 Å². The van der Waals surface area contributed by atoms with Crippen LogP contribution in [0.2, 0.25) is 0 Å². The van der Waals surface area contributed by atoms with Gasteiger partial charge in [-0.15, -0.1) is 4.91 Å². The van der Waals surface area contributed by atoms with Gasteiger partial charge >= 0.3 is 5.91 Å². The third-order valence-corrected chi connectivity index (χ3v) is 6.14. The number of fused-ring (bicyclic) bond motifs is 1. The SMILES string of the molecule is O=NC(=O)CNC(=O)c1c(O)c2c(n(CC3C=NN(c4ccccc4)C3)c1=O)CSC2. The molecule has 0 aliphatic carbocycles. The lowest BCUT2D eigenvalue weighted by atomic mass is 10.1. The summed E-state index contributed by atoms with van der Waals surface area (Å²) >= 11 is 1.53. The van der Waals surface area contributed by atoms with E-state index in [1.807, 2.05) is 35.3 Å². The van der Waals surface area contributed by atoms with Crippen LogP contribution in [-0.4, -0.2) is 40.8 Å². The molecule has 3 heterocycles. The van der Waals surface area contributed by atoms with Gasteiger partial charge < -0.3 is 15.0 Å². The third kappa shape index (κ3) is 4.08. The van der Waals surface area contributed by atoms with Gasteiger partial charge in [0.15, 0.2) is 0 Å². The molecule has 1 atom stereocenters. The van der Waals surface area contributed by atoms with Crippen LogP contribution in [0.4, 0.5) is 5.69 Å². The second-order valence-corrected chi connectivity index (χ2v) is 8.15. The first-order chi connectivity index (χ1) is 15.0. The Labute approximate surface area is 180 Å². The molecule has 2 amide bonds. The van der Waals surface area contributed by atoms with Gasteiger partial charge in [0.2, 0.25) is 0 Å². The first-order valence-corrected chi connectivity index (χ1v) is 10.7. The van der Waals surface area contributed by atoms with Gasteiger partial charge in [-0.25, -0.2) is 0 Å². The van der Waals surface area contributed by atoms with Crippen molar-refractivity contribution in [2.24, 2.45) is 16.2 Å². The zero-order valence-electron chi connectivity index (χ0n) is 16.4. The number of carbonyl (C=O) groups excluding carboxylic acids is 2. The number of anilines is 1. The summed E-state index contributed by atoms with van der Waals surface area (Å²) in [6.45, 7) is 0.221. The molecule has 0 spiro atoms. The van der Waals surface area contributed by atoms with E-state index in [0.717, 1.165) is 5.69 Å². The van der Waals surface area contributed by atoms with Gasteiger partial charge in [0.25, 0.3) is 11.5 Å². The molecule has 0 saturated heterocycles. The topological polar surface area (TPSA) is 133 Å². The van der Waals surface area contributed by atoms with Crippen molar-refractivity contribution in [3.63, 3.8) is 0 Å². The average molecular weight is 441 g/mol. The summed E-state index contributed by atoms with van der Waals surface area (Å²) in [4.78, 5) is 47.0. The van der Waals surface area contributed by atoms with Crippen molar-refractivity contribution in [1.82, 2.24) is 9.88 Å². The molecule has 160 valence electrons. The van der Waals surface area contributed by atoms with E-state index < -0.39 is 29.5 Å². The highest BCUT2D eigenvalue weighted by Crippen LogP contribution is 2.36. The van der Waals surface area contributed by atoms with Gasteiger partial charge in [0.1, 0.15) is 17.9 Å². The summed E-state index contributed by atoms with van der Waals surface area (Å²) in [5.74, 6) is -1.44. The van der Waals surface area contributed by atoms with E-state index in [0.29, 0.717) is 35.9 Å². The fraction of sp³-hybridized carbons (Fsp3) is 0.300. The number of nitrogens with zero attached hydrogens (tertiary/aromatic N) is 4. The summed E-state index contributed by atoms with van der Waals surface area (Å²) in [7, 11) is 0. The number of thioether (sulfide) groups is 1. The minimum absolute atomic E-state index is 0.0751. The van der Waals surface area contributed by atoms with Crippen LogP contribution in [0.15, 0.2) is 45.4 Å². The van der Waals surface area contributed by atoms with Crippen LogP contribution in [0.25, 0.3) is 0 Å². The van der Waals surface area contributed by atoms with Gasteiger partial charge in [-0.3, -0.25) is 19.4 Å². The van der Waals surface area contributed by atoms with E-state index in [-0.39, 0.29) is 11.7 Å². The van der Waals surface area contributed by atoms with Crippen molar-refractivity contribution in [2.75, 3.05) is 18.1 Å². The zero-order chi connectivity index (χ0) is 22.0. The first-order valence-electron chi connectivity index (χ1n) is 9.56. The normalized spacial score (nSPS) is 16.9. The predicted molar refractivity (Wildman–Crippen MR) is 116 cm³/mol. The van der Waals surface area contributed by atoms with Gasteiger partial charge in [-0.2, -0.15) is 16.9 Å². The van der Waals surface area contributed by atoms with E-state index in [1.165, 1.54) is 16.3 Å². The van der Waals surface area contributed by atoms with Crippen LogP contribution in [0.3, 0.4) is 0 Å². The smallest absolute Gasteiger partial charge is 0.305 e. The number of amides is 2. The number of hydrazone groups is 1. The number of aromatic hydroxyl groups is 1. The Morgan fingerprint density at radius 2 is 2.03 bits per heavy atom. The molecule has 0 radical (unpaired) electrons. The molecule has 2 aliphatic heterocycles. The molecule has 1 aromatic heterocycles. The Hall–Kier alpha value is -3.47. The summed E-state index contributed by atoms with van der Waals surface area (Å²) < 4.78 is 1.51. The van der Waals surface area contributed by atoms with E-state index in [4.69, 9.17) is 0 Å². The van der Waals surface area contributed by atoms with Crippen molar-refractivity contribution in [3.05, 3.63) is 62.4 Å². The summed E-state index contributed by atoms with van der Waals surface area (Å²) in [5.41, 5.74) is 1.07. The Kier molecular flexibility index (Phi) is 5.85. The summed E-state index contributed by atoms with van der Waals surface area (Å²) in [5, 5.41) is 21.2. The Morgan fingerprint density at radius 1 is 1.26 bits per heavy atom. The van der Waals surface area contributed by atoms with E-state index >= 15 is 0 Å². The maximum Gasteiger partial charge on any atom is 0.305 e. The first kappa shape index (κ1) is 20.8. The molecular formula is C20H19N5O5S. The van der Waals surface area contributed by atoms with Crippen LogP contribution in [-0.2, 0) is 22.8 Å². The van der Waals surface area contributed by atoms with Crippen LogP contribution in [0, 0.1) is 10.8 Å². The molecule has 4 rings (SSSR count). The number of hydrogen-bond acceptors (Lipinski definition) is 8. The van der Waals surface area contributed by atoms with Gasteiger partial charge in [0, 0.05) is 46.6 Å². The molecule has 11 heteroatoms. The fourth-order valence-electron chi connectivity index (χ4n) is 3.65. The van der Waals surface area contributed by atoms with Gasteiger partial charge in [0.05, 0.1) is 12.2 Å². The predicted octanol–water partition coefficient (Wildman–Crippen LogP) is 1.45.